The van der Waals surface area contributed by atoms with Crippen LogP contribution in [0.4, 0.5) is 5.69 Å². The lowest BCUT2D eigenvalue weighted by Crippen LogP contribution is -2.19. The molecule has 0 saturated heterocycles. The Balaban J connectivity index is 1.75. The van der Waals surface area contributed by atoms with Gasteiger partial charge in [-0.15, -0.1) is 0 Å². The number of phenolic OH excluding ortho intramolecular Hbond substituents is 1. The van der Waals surface area contributed by atoms with Gasteiger partial charge in [0, 0.05) is 24.2 Å². The molecule has 5 nitrogen and oxygen atoms in total. The molecular weight excluding hydrogens is 268 g/mol. The van der Waals surface area contributed by atoms with E-state index in [0.717, 1.165) is 18.4 Å². The highest BCUT2D eigenvalue weighted by molar-refractivity contribution is 5.42. The molecule has 2 N–H and O–H groups in total. The molecule has 0 fully saturated rings. The maximum absolute atomic E-state index is 11.0. The number of para-hydroxylation sites is 1. The Morgan fingerprint density at radius 3 is 2.90 bits per heavy atom. The van der Waals surface area contributed by atoms with E-state index in [1.165, 1.54) is 11.6 Å². The van der Waals surface area contributed by atoms with E-state index >= 15 is 0 Å². The van der Waals surface area contributed by atoms with E-state index in [4.69, 9.17) is 0 Å². The molecule has 0 aliphatic heterocycles. The number of fused-ring (bicyclic) bond motifs is 1. The fourth-order valence-corrected chi connectivity index (χ4v) is 2.89. The molecule has 0 saturated carbocycles. The first kappa shape index (κ1) is 13.6. The molecule has 0 amide bonds. The van der Waals surface area contributed by atoms with Crippen molar-refractivity contribution in [2.45, 2.75) is 25.4 Å². The molecule has 1 aliphatic rings. The van der Waals surface area contributed by atoms with Crippen LogP contribution in [0.3, 0.4) is 0 Å². The van der Waals surface area contributed by atoms with Crippen LogP contribution in [0.25, 0.3) is 0 Å². The first-order valence-corrected chi connectivity index (χ1v) is 6.92. The number of aromatic hydroxyl groups is 1. The van der Waals surface area contributed by atoms with Crippen molar-refractivity contribution in [1.82, 2.24) is 5.32 Å². The Labute approximate surface area is 122 Å². The third-order valence-corrected chi connectivity index (χ3v) is 3.93. The van der Waals surface area contributed by atoms with Crippen LogP contribution >= 0.6 is 0 Å². The zero-order chi connectivity index (χ0) is 14.8. The van der Waals surface area contributed by atoms with Crippen LogP contribution in [0.5, 0.6) is 5.75 Å². The summed E-state index contributed by atoms with van der Waals surface area (Å²) < 4.78 is 0. The number of nitro groups is 1. The smallest absolute Gasteiger partial charge is 0.273 e. The lowest BCUT2D eigenvalue weighted by atomic mass is 10.1. The Hall–Kier alpha value is -2.40. The first-order chi connectivity index (χ1) is 10.1. The average molecular weight is 284 g/mol. The zero-order valence-corrected chi connectivity index (χ0v) is 11.5. The fourth-order valence-electron chi connectivity index (χ4n) is 2.89. The maximum Gasteiger partial charge on any atom is 0.273 e. The zero-order valence-electron chi connectivity index (χ0n) is 11.5. The van der Waals surface area contributed by atoms with Crippen LogP contribution < -0.4 is 5.32 Å². The summed E-state index contributed by atoms with van der Waals surface area (Å²) in [5.41, 5.74) is 3.16. The van der Waals surface area contributed by atoms with Crippen LogP contribution in [0.1, 0.15) is 29.2 Å². The predicted octanol–water partition coefficient (Wildman–Crippen LogP) is 3.08. The van der Waals surface area contributed by atoms with Crippen LogP contribution in [0.15, 0.2) is 42.5 Å². The summed E-state index contributed by atoms with van der Waals surface area (Å²) in [7, 11) is 0. The van der Waals surface area contributed by atoms with Crippen molar-refractivity contribution in [3.05, 3.63) is 69.3 Å². The van der Waals surface area contributed by atoms with E-state index in [9.17, 15) is 15.2 Å². The summed E-state index contributed by atoms with van der Waals surface area (Å²) in [4.78, 5) is 10.7. The van der Waals surface area contributed by atoms with Crippen molar-refractivity contribution < 1.29 is 10.0 Å². The molecule has 21 heavy (non-hydrogen) atoms. The highest BCUT2D eigenvalue weighted by Crippen LogP contribution is 2.33. The van der Waals surface area contributed by atoms with Crippen molar-refractivity contribution >= 4 is 5.69 Å². The first-order valence-electron chi connectivity index (χ1n) is 6.92. The van der Waals surface area contributed by atoms with Gasteiger partial charge in [0.1, 0.15) is 5.75 Å². The Morgan fingerprint density at radius 2 is 2.10 bits per heavy atom. The van der Waals surface area contributed by atoms with Gasteiger partial charge in [-0.3, -0.25) is 10.1 Å². The second-order valence-corrected chi connectivity index (χ2v) is 5.24. The molecular formula is C16H16N2O3. The second kappa shape index (κ2) is 5.54. The van der Waals surface area contributed by atoms with Crippen LogP contribution in [0, 0.1) is 10.1 Å². The summed E-state index contributed by atoms with van der Waals surface area (Å²) in [6, 6.07) is 12.4. The molecule has 0 bridgehead atoms. The third kappa shape index (κ3) is 2.73. The summed E-state index contributed by atoms with van der Waals surface area (Å²) >= 11 is 0. The molecule has 3 rings (SSSR count). The van der Waals surface area contributed by atoms with Crippen molar-refractivity contribution in [3.8, 4) is 5.75 Å². The van der Waals surface area contributed by atoms with E-state index in [-0.39, 0.29) is 22.4 Å². The highest BCUT2D eigenvalue weighted by atomic mass is 16.6. The van der Waals surface area contributed by atoms with E-state index in [0.29, 0.717) is 12.1 Å². The van der Waals surface area contributed by atoms with Gasteiger partial charge in [0.25, 0.3) is 5.69 Å². The van der Waals surface area contributed by atoms with Gasteiger partial charge >= 0.3 is 0 Å². The molecule has 1 unspecified atom stereocenters. The Morgan fingerprint density at radius 1 is 1.29 bits per heavy atom. The predicted molar refractivity (Wildman–Crippen MR) is 79.1 cm³/mol. The molecule has 0 radical (unpaired) electrons. The lowest BCUT2D eigenvalue weighted by Gasteiger charge is -2.14. The summed E-state index contributed by atoms with van der Waals surface area (Å²) in [6.45, 7) is 0.460. The minimum Gasteiger partial charge on any atom is -0.508 e. The fraction of sp³-hybridized carbons (Fsp3) is 0.250. The minimum atomic E-state index is -0.350. The number of nitrogens with zero attached hydrogens (tertiary/aromatic N) is 1. The summed E-state index contributed by atoms with van der Waals surface area (Å²) in [6.07, 6.45) is 1.86. The summed E-state index contributed by atoms with van der Waals surface area (Å²) in [5, 5.41) is 23.9. The van der Waals surface area contributed by atoms with Gasteiger partial charge in [-0.25, -0.2) is 0 Å². The summed E-state index contributed by atoms with van der Waals surface area (Å²) in [5.74, 6) is 0.285. The lowest BCUT2D eigenvalue weighted by molar-refractivity contribution is -0.385. The van der Waals surface area contributed by atoms with Crippen LogP contribution in [0.2, 0.25) is 0 Å². The number of hydrogen-bond donors (Lipinski definition) is 2. The number of aryl methyl sites for hydroxylation is 1. The van der Waals surface area contributed by atoms with Crippen molar-refractivity contribution in [3.63, 3.8) is 0 Å². The molecule has 108 valence electrons. The SMILES string of the molecule is O=[N+]([O-])c1ccccc1CNC1CCc2cc(O)ccc21. The van der Waals surface area contributed by atoms with Gasteiger partial charge < -0.3 is 10.4 Å². The minimum absolute atomic E-state index is 0.147. The van der Waals surface area contributed by atoms with Crippen molar-refractivity contribution in [1.29, 1.82) is 0 Å². The number of nitro benzene ring substituents is 1. The maximum atomic E-state index is 11.0. The van der Waals surface area contributed by atoms with Gasteiger partial charge in [0.2, 0.25) is 0 Å². The Bertz CT molecular complexity index is 685. The molecule has 0 spiro atoms. The van der Waals surface area contributed by atoms with Crippen molar-refractivity contribution in [2.75, 3.05) is 0 Å². The van der Waals surface area contributed by atoms with Crippen molar-refractivity contribution in [2.24, 2.45) is 0 Å². The average Bonchev–Trinajstić information content (AvgIpc) is 2.87. The van der Waals surface area contributed by atoms with E-state index in [1.54, 1.807) is 24.3 Å². The largest absolute Gasteiger partial charge is 0.508 e. The molecule has 2 aromatic carbocycles. The number of hydrogen-bond acceptors (Lipinski definition) is 4. The van der Waals surface area contributed by atoms with Gasteiger partial charge in [-0.1, -0.05) is 24.3 Å². The normalized spacial score (nSPS) is 16.7. The van der Waals surface area contributed by atoms with Gasteiger partial charge in [-0.05, 0) is 36.1 Å². The number of rotatable bonds is 4. The Kier molecular flexibility index (Phi) is 3.58. The molecule has 2 aromatic rings. The molecule has 0 heterocycles. The van der Waals surface area contributed by atoms with Gasteiger partial charge in [0.15, 0.2) is 0 Å². The van der Waals surface area contributed by atoms with Crippen LogP contribution in [-0.2, 0) is 13.0 Å². The monoisotopic (exact) mass is 284 g/mol. The molecule has 5 heteroatoms. The molecule has 1 aliphatic carbocycles. The van der Waals surface area contributed by atoms with E-state index < -0.39 is 0 Å². The van der Waals surface area contributed by atoms with Gasteiger partial charge in [-0.2, -0.15) is 0 Å². The quantitative estimate of drug-likeness (QED) is 0.668. The third-order valence-electron chi connectivity index (χ3n) is 3.93. The number of phenols is 1. The van der Waals surface area contributed by atoms with E-state index in [1.807, 2.05) is 12.1 Å². The highest BCUT2D eigenvalue weighted by Gasteiger charge is 2.23. The number of benzene rings is 2. The topological polar surface area (TPSA) is 75.4 Å². The molecule has 0 aromatic heterocycles. The van der Waals surface area contributed by atoms with Crippen LogP contribution in [-0.4, -0.2) is 10.0 Å². The van der Waals surface area contributed by atoms with Gasteiger partial charge in [0.05, 0.1) is 4.92 Å². The second-order valence-electron chi connectivity index (χ2n) is 5.24. The molecule has 1 atom stereocenters. The number of nitrogens with one attached hydrogen (secondary N) is 1. The standard InChI is InChI=1S/C16H16N2O3/c19-13-6-7-14-11(9-13)5-8-15(14)17-10-12-3-1-2-4-16(12)18(20)21/h1-4,6-7,9,15,17,19H,5,8,10H2. The van der Waals surface area contributed by atoms with E-state index in [2.05, 4.69) is 5.32 Å².